The number of carbonyl (C=O) groups is 1. The van der Waals surface area contributed by atoms with Gasteiger partial charge in [-0.1, -0.05) is 12.1 Å². The SMILES string of the molecule is COCC1CCN(CC(=O)Nc2c(C)cccc2N)C1. The lowest BCUT2D eigenvalue weighted by Crippen LogP contribution is -2.32. The zero-order valence-corrected chi connectivity index (χ0v) is 12.2. The lowest BCUT2D eigenvalue weighted by molar-refractivity contribution is -0.117. The zero-order chi connectivity index (χ0) is 14.5. The van der Waals surface area contributed by atoms with Crippen molar-refractivity contribution in [3.05, 3.63) is 23.8 Å². The van der Waals surface area contributed by atoms with Crippen LogP contribution in [0.1, 0.15) is 12.0 Å². The van der Waals surface area contributed by atoms with Crippen LogP contribution in [0.15, 0.2) is 18.2 Å². The number of benzene rings is 1. The molecule has 1 heterocycles. The van der Waals surface area contributed by atoms with E-state index in [-0.39, 0.29) is 5.91 Å². The Labute approximate surface area is 120 Å². The van der Waals surface area contributed by atoms with Crippen LogP contribution in [0, 0.1) is 12.8 Å². The average Bonchev–Trinajstić information content (AvgIpc) is 2.82. The van der Waals surface area contributed by atoms with Gasteiger partial charge in [-0.2, -0.15) is 0 Å². The molecule has 1 amide bonds. The highest BCUT2D eigenvalue weighted by atomic mass is 16.5. The third-order valence-electron chi connectivity index (χ3n) is 3.71. The molecule has 1 saturated heterocycles. The van der Waals surface area contributed by atoms with E-state index in [4.69, 9.17) is 10.5 Å². The Morgan fingerprint density at radius 3 is 3.05 bits per heavy atom. The molecule has 1 fully saturated rings. The first kappa shape index (κ1) is 14.8. The van der Waals surface area contributed by atoms with Crippen LogP contribution < -0.4 is 11.1 Å². The van der Waals surface area contributed by atoms with Gasteiger partial charge in [0, 0.05) is 13.7 Å². The number of methoxy groups -OCH3 is 1. The van der Waals surface area contributed by atoms with E-state index in [0.29, 0.717) is 18.2 Å². The molecule has 1 atom stereocenters. The summed E-state index contributed by atoms with van der Waals surface area (Å²) in [5.74, 6) is 0.528. The van der Waals surface area contributed by atoms with Crippen LogP contribution in [0.4, 0.5) is 11.4 Å². The molecular weight excluding hydrogens is 254 g/mol. The fourth-order valence-corrected chi connectivity index (χ4v) is 2.67. The van der Waals surface area contributed by atoms with E-state index >= 15 is 0 Å². The fraction of sp³-hybridized carbons (Fsp3) is 0.533. The molecule has 1 aromatic carbocycles. The molecule has 20 heavy (non-hydrogen) atoms. The highest BCUT2D eigenvalue weighted by Gasteiger charge is 2.24. The number of nitrogen functional groups attached to an aromatic ring is 1. The number of hydrogen-bond donors (Lipinski definition) is 2. The second kappa shape index (κ2) is 6.72. The zero-order valence-electron chi connectivity index (χ0n) is 12.2. The van der Waals surface area contributed by atoms with Crippen molar-refractivity contribution in [1.29, 1.82) is 0 Å². The van der Waals surface area contributed by atoms with Crippen molar-refractivity contribution in [2.75, 3.05) is 44.4 Å². The molecule has 0 aliphatic carbocycles. The van der Waals surface area contributed by atoms with Crippen LogP contribution in [0.25, 0.3) is 0 Å². The number of rotatable bonds is 5. The quantitative estimate of drug-likeness (QED) is 0.800. The summed E-state index contributed by atoms with van der Waals surface area (Å²) in [5, 5.41) is 2.92. The summed E-state index contributed by atoms with van der Waals surface area (Å²) in [6.07, 6.45) is 1.09. The van der Waals surface area contributed by atoms with E-state index in [0.717, 1.165) is 37.4 Å². The molecule has 110 valence electrons. The lowest BCUT2D eigenvalue weighted by atomic mass is 10.1. The first-order valence-corrected chi connectivity index (χ1v) is 6.96. The topological polar surface area (TPSA) is 67.6 Å². The molecule has 1 aliphatic rings. The average molecular weight is 277 g/mol. The first-order chi connectivity index (χ1) is 9.60. The van der Waals surface area contributed by atoms with Crippen LogP contribution in [-0.2, 0) is 9.53 Å². The van der Waals surface area contributed by atoms with Gasteiger partial charge in [0.05, 0.1) is 24.5 Å². The molecule has 1 unspecified atom stereocenters. The van der Waals surface area contributed by atoms with E-state index in [2.05, 4.69) is 10.2 Å². The molecule has 2 rings (SSSR count). The van der Waals surface area contributed by atoms with Gasteiger partial charge in [-0.25, -0.2) is 0 Å². The molecule has 0 bridgehead atoms. The lowest BCUT2D eigenvalue weighted by Gasteiger charge is -2.17. The van der Waals surface area contributed by atoms with Gasteiger partial charge in [0.15, 0.2) is 0 Å². The molecule has 0 aromatic heterocycles. The van der Waals surface area contributed by atoms with Crippen molar-refractivity contribution in [2.24, 2.45) is 5.92 Å². The number of para-hydroxylation sites is 1. The second-order valence-electron chi connectivity index (χ2n) is 5.43. The second-order valence-corrected chi connectivity index (χ2v) is 5.43. The molecule has 1 aromatic rings. The maximum atomic E-state index is 12.1. The molecule has 0 saturated carbocycles. The van der Waals surface area contributed by atoms with Crippen LogP contribution in [-0.4, -0.2) is 44.2 Å². The Morgan fingerprint density at radius 1 is 1.55 bits per heavy atom. The van der Waals surface area contributed by atoms with Crippen molar-refractivity contribution < 1.29 is 9.53 Å². The summed E-state index contributed by atoms with van der Waals surface area (Å²) in [6, 6.07) is 5.62. The van der Waals surface area contributed by atoms with Crippen molar-refractivity contribution >= 4 is 17.3 Å². The summed E-state index contributed by atoms with van der Waals surface area (Å²) in [7, 11) is 1.72. The third kappa shape index (κ3) is 3.71. The smallest absolute Gasteiger partial charge is 0.238 e. The Hall–Kier alpha value is -1.59. The first-order valence-electron chi connectivity index (χ1n) is 6.96. The van der Waals surface area contributed by atoms with E-state index < -0.39 is 0 Å². The van der Waals surface area contributed by atoms with Crippen molar-refractivity contribution in [1.82, 2.24) is 4.90 Å². The van der Waals surface area contributed by atoms with Crippen LogP contribution in [0.5, 0.6) is 0 Å². The maximum absolute atomic E-state index is 12.1. The van der Waals surface area contributed by atoms with E-state index in [1.165, 1.54) is 0 Å². The molecule has 5 nitrogen and oxygen atoms in total. The number of carbonyl (C=O) groups excluding carboxylic acids is 1. The number of aryl methyl sites for hydroxylation is 1. The summed E-state index contributed by atoms with van der Waals surface area (Å²) >= 11 is 0. The number of hydrogen-bond acceptors (Lipinski definition) is 4. The Morgan fingerprint density at radius 2 is 2.35 bits per heavy atom. The number of likely N-dealkylation sites (tertiary alicyclic amines) is 1. The number of amides is 1. The van der Waals surface area contributed by atoms with E-state index in [1.807, 2.05) is 19.1 Å². The van der Waals surface area contributed by atoms with E-state index in [1.54, 1.807) is 13.2 Å². The molecular formula is C15H23N3O2. The minimum Gasteiger partial charge on any atom is -0.397 e. The number of nitrogens with two attached hydrogens (primary N) is 1. The maximum Gasteiger partial charge on any atom is 0.238 e. The van der Waals surface area contributed by atoms with E-state index in [9.17, 15) is 4.79 Å². The minimum atomic E-state index is -0.0101. The Kier molecular flexibility index (Phi) is 4.98. The number of nitrogens with one attached hydrogen (secondary N) is 1. The predicted molar refractivity (Wildman–Crippen MR) is 80.6 cm³/mol. The van der Waals surface area contributed by atoms with Crippen molar-refractivity contribution in [3.8, 4) is 0 Å². The fourth-order valence-electron chi connectivity index (χ4n) is 2.67. The van der Waals surface area contributed by atoms with Gasteiger partial charge < -0.3 is 15.8 Å². The summed E-state index contributed by atoms with van der Waals surface area (Å²) in [5.41, 5.74) is 8.21. The minimum absolute atomic E-state index is 0.0101. The third-order valence-corrected chi connectivity index (χ3v) is 3.71. The molecule has 0 spiro atoms. The summed E-state index contributed by atoms with van der Waals surface area (Å²) in [6.45, 7) is 4.99. The monoisotopic (exact) mass is 277 g/mol. The van der Waals surface area contributed by atoms with Crippen LogP contribution in [0.3, 0.4) is 0 Å². The van der Waals surface area contributed by atoms with Crippen molar-refractivity contribution in [2.45, 2.75) is 13.3 Å². The van der Waals surface area contributed by atoms with Gasteiger partial charge >= 0.3 is 0 Å². The highest BCUT2D eigenvalue weighted by Crippen LogP contribution is 2.22. The number of ether oxygens (including phenoxy) is 1. The molecule has 0 radical (unpaired) electrons. The van der Waals surface area contributed by atoms with Gasteiger partial charge in [0.1, 0.15) is 0 Å². The number of anilines is 2. The normalized spacial score (nSPS) is 19.2. The van der Waals surface area contributed by atoms with Crippen molar-refractivity contribution in [3.63, 3.8) is 0 Å². The highest BCUT2D eigenvalue weighted by molar-refractivity contribution is 5.96. The molecule has 5 heteroatoms. The van der Waals surface area contributed by atoms with Gasteiger partial charge in [-0.15, -0.1) is 0 Å². The standard InChI is InChI=1S/C15H23N3O2/c1-11-4-3-5-13(16)15(11)17-14(19)9-18-7-6-12(8-18)10-20-2/h3-5,12H,6-10,16H2,1-2H3,(H,17,19). The van der Waals surface area contributed by atoms with Gasteiger partial charge in [-0.05, 0) is 37.4 Å². The van der Waals surface area contributed by atoms with Crippen LogP contribution in [0.2, 0.25) is 0 Å². The Balaban J connectivity index is 1.87. The predicted octanol–water partition coefficient (Wildman–Crippen LogP) is 1.48. The van der Waals surface area contributed by atoms with Crippen LogP contribution >= 0.6 is 0 Å². The Bertz CT molecular complexity index is 456. The van der Waals surface area contributed by atoms with Gasteiger partial charge in [0.2, 0.25) is 5.91 Å². The van der Waals surface area contributed by atoms with Gasteiger partial charge in [-0.3, -0.25) is 9.69 Å². The molecule has 3 N–H and O–H groups in total. The summed E-state index contributed by atoms with van der Waals surface area (Å²) < 4.78 is 5.16. The van der Waals surface area contributed by atoms with Gasteiger partial charge in [0.25, 0.3) is 0 Å². The molecule has 1 aliphatic heterocycles. The number of nitrogens with zero attached hydrogens (tertiary/aromatic N) is 1. The largest absolute Gasteiger partial charge is 0.397 e. The summed E-state index contributed by atoms with van der Waals surface area (Å²) in [4.78, 5) is 14.3.